The molecule has 0 aromatic carbocycles. The minimum Gasteiger partial charge on any atom is -0.480 e. The number of hydrogen-bond donors (Lipinski definition) is 2. The third-order valence-corrected chi connectivity index (χ3v) is 1.76. The molecule has 0 saturated heterocycles. The van der Waals surface area contributed by atoms with Gasteiger partial charge in [-0.15, -0.1) is 0 Å². The number of nitrogens with one attached hydrogen (secondary N) is 1. The van der Waals surface area contributed by atoms with Gasteiger partial charge < -0.3 is 14.0 Å². The predicted octanol–water partition coefficient (Wildman–Crippen LogP) is 0.504. The van der Waals surface area contributed by atoms with Crippen LogP contribution in [0.1, 0.15) is 5.82 Å². The lowest BCUT2D eigenvalue weighted by molar-refractivity contribution is -0.136. The highest BCUT2D eigenvalue weighted by molar-refractivity contribution is 5.68. The van der Waals surface area contributed by atoms with E-state index < -0.39 is 5.97 Å². The van der Waals surface area contributed by atoms with E-state index in [2.05, 4.69) is 15.5 Å². The number of furan rings is 1. The predicted molar refractivity (Wildman–Crippen MR) is 51.3 cm³/mol. The highest BCUT2D eigenvalue weighted by Crippen LogP contribution is 2.16. The molecule has 2 N–H and O–H groups in total. The number of aliphatic carboxylic acids is 1. The summed E-state index contributed by atoms with van der Waals surface area (Å²) in [5, 5.41) is 14.7. The second kappa shape index (κ2) is 4.58. The average Bonchev–Trinajstić information content (AvgIpc) is 2.85. The van der Waals surface area contributed by atoms with Gasteiger partial charge in [-0.2, -0.15) is 4.98 Å². The molecule has 0 fully saturated rings. The van der Waals surface area contributed by atoms with Gasteiger partial charge in [-0.25, -0.2) is 0 Å². The Morgan fingerprint density at radius 2 is 2.44 bits per heavy atom. The molecule has 0 bridgehead atoms. The lowest BCUT2D eigenvalue weighted by Gasteiger charge is -1.94. The second-order valence-electron chi connectivity index (χ2n) is 2.99. The molecule has 16 heavy (non-hydrogen) atoms. The van der Waals surface area contributed by atoms with Crippen LogP contribution in [0.2, 0.25) is 0 Å². The zero-order valence-electron chi connectivity index (χ0n) is 8.21. The van der Waals surface area contributed by atoms with Gasteiger partial charge in [0.25, 0.3) is 5.89 Å². The van der Waals surface area contributed by atoms with Crippen LogP contribution in [0.3, 0.4) is 0 Å². The van der Waals surface area contributed by atoms with Crippen LogP contribution in [-0.2, 0) is 11.3 Å². The number of aromatic nitrogens is 2. The summed E-state index contributed by atoms with van der Waals surface area (Å²) in [6.45, 7) is 0.0845. The van der Waals surface area contributed by atoms with Crippen molar-refractivity contribution in [2.24, 2.45) is 0 Å². The Labute approximate surface area is 90.1 Å². The van der Waals surface area contributed by atoms with Gasteiger partial charge in [-0.1, -0.05) is 5.16 Å². The summed E-state index contributed by atoms with van der Waals surface area (Å²) in [7, 11) is 0. The topological polar surface area (TPSA) is 101 Å². The van der Waals surface area contributed by atoms with Gasteiger partial charge in [0.2, 0.25) is 0 Å². The van der Waals surface area contributed by atoms with Gasteiger partial charge in [0.05, 0.1) is 19.4 Å². The molecule has 0 radical (unpaired) electrons. The van der Waals surface area contributed by atoms with Crippen LogP contribution in [0.15, 0.2) is 27.3 Å². The summed E-state index contributed by atoms with van der Waals surface area (Å²) in [5.41, 5.74) is 0. The van der Waals surface area contributed by atoms with E-state index in [9.17, 15) is 4.79 Å². The van der Waals surface area contributed by atoms with Crippen molar-refractivity contribution in [1.29, 1.82) is 0 Å². The van der Waals surface area contributed by atoms with Crippen molar-refractivity contribution in [3.63, 3.8) is 0 Å². The van der Waals surface area contributed by atoms with E-state index in [1.165, 1.54) is 6.26 Å². The SMILES string of the molecule is O=C(O)CNCc1noc(-c2ccco2)n1. The Morgan fingerprint density at radius 3 is 3.12 bits per heavy atom. The Kier molecular flexibility index (Phi) is 2.97. The molecule has 0 unspecified atom stereocenters. The quantitative estimate of drug-likeness (QED) is 0.761. The Hall–Kier alpha value is -2.15. The smallest absolute Gasteiger partial charge is 0.317 e. The molecular weight excluding hydrogens is 214 g/mol. The number of carboxylic acid groups (broad SMARTS) is 1. The summed E-state index contributed by atoms with van der Waals surface area (Å²) in [4.78, 5) is 14.3. The van der Waals surface area contributed by atoms with Crippen molar-refractivity contribution in [1.82, 2.24) is 15.5 Å². The Morgan fingerprint density at radius 1 is 1.56 bits per heavy atom. The van der Waals surface area contributed by atoms with Gasteiger partial charge >= 0.3 is 5.97 Å². The monoisotopic (exact) mass is 223 g/mol. The van der Waals surface area contributed by atoms with E-state index in [0.717, 1.165) is 0 Å². The second-order valence-corrected chi connectivity index (χ2v) is 2.99. The fourth-order valence-corrected chi connectivity index (χ4v) is 1.11. The van der Waals surface area contributed by atoms with Crippen LogP contribution < -0.4 is 5.32 Å². The van der Waals surface area contributed by atoms with E-state index in [1.807, 2.05) is 0 Å². The highest BCUT2D eigenvalue weighted by Gasteiger charge is 2.10. The summed E-state index contributed by atoms with van der Waals surface area (Å²) < 4.78 is 9.99. The third-order valence-electron chi connectivity index (χ3n) is 1.76. The number of nitrogens with zero attached hydrogens (tertiary/aromatic N) is 2. The standard InChI is InChI=1S/C9H9N3O4/c13-8(14)5-10-4-7-11-9(16-12-7)6-2-1-3-15-6/h1-3,10H,4-5H2,(H,13,14). The normalized spacial score (nSPS) is 10.5. The van der Waals surface area contributed by atoms with Gasteiger partial charge in [0, 0.05) is 0 Å². The zero-order chi connectivity index (χ0) is 11.4. The zero-order valence-corrected chi connectivity index (χ0v) is 8.21. The molecule has 84 valence electrons. The first kappa shape index (κ1) is 10.4. The largest absolute Gasteiger partial charge is 0.480 e. The first-order chi connectivity index (χ1) is 7.75. The number of rotatable bonds is 5. The van der Waals surface area contributed by atoms with E-state index >= 15 is 0 Å². The maximum Gasteiger partial charge on any atom is 0.317 e. The molecule has 0 spiro atoms. The third kappa shape index (κ3) is 2.45. The molecule has 0 saturated carbocycles. The maximum absolute atomic E-state index is 10.2. The van der Waals surface area contributed by atoms with Gasteiger partial charge in [0.1, 0.15) is 0 Å². The average molecular weight is 223 g/mol. The van der Waals surface area contributed by atoms with E-state index in [0.29, 0.717) is 11.6 Å². The minimum absolute atomic E-state index is 0.148. The van der Waals surface area contributed by atoms with Gasteiger partial charge in [-0.05, 0) is 12.1 Å². The Bertz CT molecular complexity index is 463. The van der Waals surface area contributed by atoms with Crippen LogP contribution in [0.4, 0.5) is 0 Å². The van der Waals surface area contributed by atoms with Crippen LogP contribution in [0, 0.1) is 0 Å². The van der Waals surface area contributed by atoms with Crippen LogP contribution in [0.25, 0.3) is 11.7 Å². The van der Waals surface area contributed by atoms with E-state index in [1.54, 1.807) is 12.1 Å². The summed E-state index contributed by atoms with van der Waals surface area (Å²) in [6.07, 6.45) is 1.50. The van der Waals surface area contributed by atoms with Crippen molar-refractivity contribution < 1.29 is 18.8 Å². The summed E-state index contributed by atoms with van der Waals surface area (Å²) in [6, 6.07) is 3.41. The molecule has 0 amide bonds. The fourth-order valence-electron chi connectivity index (χ4n) is 1.11. The molecule has 2 aromatic heterocycles. The Balaban J connectivity index is 1.95. The number of carboxylic acids is 1. The van der Waals surface area contributed by atoms with Crippen molar-refractivity contribution in [3.05, 3.63) is 24.2 Å². The minimum atomic E-state index is -0.935. The van der Waals surface area contributed by atoms with Crippen LogP contribution in [0.5, 0.6) is 0 Å². The maximum atomic E-state index is 10.2. The first-order valence-electron chi connectivity index (χ1n) is 4.54. The summed E-state index contributed by atoms with van der Waals surface area (Å²) in [5.74, 6) is 0.205. The van der Waals surface area contributed by atoms with Gasteiger partial charge in [-0.3, -0.25) is 10.1 Å². The lowest BCUT2D eigenvalue weighted by Crippen LogP contribution is -2.22. The summed E-state index contributed by atoms with van der Waals surface area (Å²) >= 11 is 0. The van der Waals surface area contributed by atoms with Crippen LogP contribution >= 0.6 is 0 Å². The highest BCUT2D eigenvalue weighted by atomic mass is 16.5. The molecule has 0 atom stereocenters. The molecular formula is C9H9N3O4. The van der Waals surface area contributed by atoms with Crippen molar-refractivity contribution >= 4 is 5.97 Å². The number of carbonyl (C=O) groups is 1. The van der Waals surface area contributed by atoms with Crippen LogP contribution in [-0.4, -0.2) is 27.8 Å². The molecule has 0 aliphatic heterocycles. The molecule has 0 aliphatic carbocycles. The van der Waals surface area contributed by atoms with Crippen molar-refractivity contribution in [3.8, 4) is 11.7 Å². The number of hydrogen-bond acceptors (Lipinski definition) is 6. The van der Waals surface area contributed by atoms with Crippen molar-refractivity contribution in [2.45, 2.75) is 6.54 Å². The molecule has 2 aromatic rings. The fraction of sp³-hybridized carbons (Fsp3) is 0.222. The van der Waals surface area contributed by atoms with E-state index in [4.69, 9.17) is 14.0 Å². The molecule has 2 rings (SSSR count). The molecule has 0 aliphatic rings. The van der Waals surface area contributed by atoms with Gasteiger partial charge in [0.15, 0.2) is 11.6 Å². The molecule has 7 heteroatoms. The van der Waals surface area contributed by atoms with E-state index in [-0.39, 0.29) is 19.0 Å². The lowest BCUT2D eigenvalue weighted by atomic mass is 10.4. The first-order valence-corrected chi connectivity index (χ1v) is 4.54. The molecule has 2 heterocycles. The molecule has 7 nitrogen and oxygen atoms in total. The van der Waals surface area contributed by atoms with Crippen molar-refractivity contribution in [2.75, 3.05) is 6.54 Å².